The zero-order valence-electron chi connectivity index (χ0n) is 26.0. The number of hydrogen-bond donors (Lipinski definition) is 4. The third-order valence-electron chi connectivity index (χ3n) is 10.3. The van der Waals surface area contributed by atoms with Gasteiger partial charge in [-0.1, -0.05) is 57.9 Å². The highest BCUT2D eigenvalue weighted by Crippen LogP contribution is 2.58. The van der Waals surface area contributed by atoms with Crippen LogP contribution in [0.2, 0.25) is 0 Å². The lowest BCUT2D eigenvalue weighted by molar-refractivity contribution is -0.316. The highest BCUT2D eigenvalue weighted by atomic mass is 16.7. The van der Waals surface area contributed by atoms with Gasteiger partial charge in [-0.05, 0) is 81.5 Å². The number of aliphatic hydroxyl groups excluding tert-OH is 4. The first-order valence-electron chi connectivity index (χ1n) is 15.6. The van der Waals surface area contributed by atoms with E-state index in [-0.39, 0.29) is 35.9 Å². The fourth-order valence-electron chi connectivity index (χ4n) is 8.46. The Hall–Kier alpha value is -1.42. The predicted molar refractivity (Wildman–Crippen MR) is 157 cm³/mol. The highest BCUT2D eigenvalue weighted by Gasteiger charge is 2.56. The number of carbonyl (C=O) groups excluding carboxylic acids is 2. The van der Waals surface area contributed by atoms with Crippen LogP contribution in [0.3, 0.4) is 0 Å². The van der Waals surface area contributed by atoms with E-state index in [1.165, 1.54) is 5.57 Å². The average Bonchev–Trinajstić information content (AvgIpc) is 2.89. The summed E-state index contributed by atoms with van der Waals surface area (Å²) in [5.74, 6) is 0.973. The van der Waals surface area contributed by atoms with Gasteiger partial charge in [0.05, 0.1) is 19.1 Å². The third-order valence-corrected chi connectivity index (χ3v) is 10.3. The predicted octanol–water partition coefficient (Wildman–Crippen LogP) is 3.98. The molecule has 0 radical (unpaired) electrons. The van der Waals surface area contributed by atoms with Crippen molar-refractivity contribution in [2.75, 3.05) is 6.61 Å². The maximum absolute atomic E-state index is 13.9. The van der Waals surface area contributed by atoms with Crippen molar-refractivity contribution >= 4 is 12.1 Å². The van der Waals surface area contributed by atoms with E-state index in [9.17, 15) is 30.0 Å². The molecule has 1 saturated carbocycles. The van der Waals surface area contributed by atoms with Crippen molar-refractivity contribution in [3.05, 3.63) is 23.3 Å². The van der Waals surface area contributed by atoms with Gasteiger partial charge in [0.25, 0.3) is 0 Å². The minimum absolute atomic E-state index is 0.0371. The first kappa shape index (κ1) is 34.1. The molecule has 1 aliphatic heterocycles. The van der Waals surface area contributed by atoms with Gasteiger partial charge in [-0.3, -0.25) is 4.79 Å². The summed E-state index contributed by atoms with van der Waals surface area (Å²) in [5, 5.41) is 41.2. The Kier molecular flexibility index (Phi) is 11.9. The molecule has 234 valence electrons. The molecule has 0 aromatic carbocycles. The zero-order chi connectivity index (χ0) is 30.6. The topological polar surface area (TPSA) is 134 Å². The molecular formula is C33H54O8. The van der Waals surface area contributed by atoms with E-state index in [0.717, 1.165) is 31.3 Å². The lowest BCUT2D eigenvalue weighted by Gasteiger charge is -2.55. The van der Waals surface area contributed by atoms with Gasteiger partial charge in [-0.2, -0.15) is 0 Å². The van der Waals surface area contributed by atoms with Crippen LogP contribution in [0.1, 0.15) is 87.0 Å². The van der Waals surface area contributed by atoms with Gasteiger partial charge in [0, 0.05) is 5.41 Å². The molecule has 8 nitrogen and oxygen atoms in total. The fourth-order valence-corrected chi connectivity index (χ4v) is 8.46. The van der Waals surface area contributed by atoms with E-state index >= 15 is 0 Å². The summed E-state index contributed by atoms with van der Waals surface area (Å²) in [6, 6.07) is 0. The second-order valence-electron chi connectivity index (χ2n) is 13.5. The monoisotopic (exact) mass is 578 g/mol. The second-order valence-corrected chi connectivity index (χ2v) is 13.5. The van der Waals surface area contributed by atoms with Crippen LogP contribution >= 0.6 is 0 Å². The van der Waals surface area contributed by atoms with Gasteiger partial charge in [-0.15, -0.1) is 0 Å². The van der Waals surface area contributed by atoms with Gasteiger partial charge < -0.3 is 34.7 Å². The van der Waals surface area contributed by atoms with Crippen molar-refractivity contribution in [2.24, 2.45) is 40.9 Å². The number of aldehydes is 1. The van der Waals surface area contributed by atoms with Crippen molar-refractivity contribution in [2.45, 2.75) is 124 Å². The summed E-state index contributed by atoms with van der Waals surface area (Å²) in [5.41, 5.74) is 1.55. The summed E-state index contributed by atoms with van der Waals surface area (Å²) in [7, 11) is 0. The van der Waals surface area contributed by atoms with E-state index in [1.54, 1.807) is 0 Å². The number of allylic oxidation sites excluding steroid dienone is 4. The van der Waals surface area contributed by atoms with Gasteiger partial charge in [-0.25, -0.2) is 0 Å². The molecule has 0 bridgehead atoms. The molecule has 0 spiro atoms. The van der Waals surface area contributed by atoms with Gasteiger partial charge in [0.2, 0.25) is 0 Å². The second kappa shape index (κ2) is 14.4. The van der Waals surface area contributed by atoms with Crippen LogP contribution < -0.4 is 0 Å². The van der Waals surface area contributed by atoms with Crippen molar-refractivity contribution < 1.29 is 39.5 Å². The fraction of sp³-hybridized carbons (Fsp3) is 0.818. The van der Waals surface area contributed by atoms with Crippen molar-refractivity contribution in [1.82, 2.24) is 0 Å². The number of Topliss-reactive ketones (excluding diaryl/α,β-unsaturated/α-hetero) is 1. The molecule has 3 rings (SSSR count). The molecule has 3 aliphatic rings. The van der Waals surface area contributed by atoms with E-state index < -0.39 is 48.8 Å². The van der Waals surface area contributed by atoms with Crippen LogP contribution in [0.5, 0.6) is 0 Å². The molecule has 4 N–H and O–H groups in total. The number of ether oxygens (including phenoxy) is 2. The van der Waals surface area contributed by atoms with Crippen LogP contribution in [-0.4, -0.2) is 75.9 Å². The largest absolute Gasteiger partial charge is 0.394 e. The Balaban J connectivity index is 2.03. The summed E-state index contributed by atoms with van der Waals surface area (Å²) < 4.78 is 12.2. The van der Waals surface area contributed by atoms with E-state index in [0.29, 0.717) is 24.5 Å². The Labute approximate surface area is 246 Å². The lowest BCUT2D eigenvalue weighted by Crippen LogP contribution is -2.60. The van der Waals surface area contributed by atoms with Crippen molar-refractivity contribution in [3.8, 4) is 0 Å². The molecule has 2 aliphatic carbocycles. The van der Waals surface area contributed by atoms with Crippen LogP contribution in [0, 0.1) is 40.9 Å². The Morgan fingerprint density at radius 2 is 1.88 bits per heavy atom. The Morgan fingerprint density at radius 1 is 1.20 bits per heavy atom. The smallest absolute Gasteiger partial charge is 0.186 e. The highest BCUT2D eigenvalue weighted by molar-refractivity contribution is 5.94. The number of aliphatic hydroxyl groups is 4. The maximum atomic E-state index is 13.9. The quantitative estimate of drug-likeness (QED) is 0.155. The molecule has 13 unspecified atom stereocenters. The standard InChI is InChI=1S/C33H54O8/c1-8-9-18(2)12-21(5)25(40-32-31(39)30(38)29(37)26(17-35)41-32)16-24-20(4)15-23-14-19(3)13-22(6)28(23)33(24,7)27(36)10-11-34/h9,11,15,19,21-26,28-32,35,37-39H,8,10,12-14,16-17H2,1-7H3. The SMILES string of the molecule is CCC=C(C)CC(C)C(CC1C(C)=CC2CC(C)CC(C)C2C1(C)C(=O)CC=O)OC1OC(CO)C(O)C(O)C1O. The molecule has 1 heterocycles. The molecular weight excluding hydrogens is 524 g/mol. The van der Waals surface area contributed by atoms with Crippen molar-refractivity contribution in [3.63, 3.8) is 0 Å². The Bertz CT molecular complexity index is 959. The molecule has 0 aromatic rings. The Morgan fingerprint density at radius 3 is 2.49 bits per heavy atom. The summed E-state index contributed by atoms with van der Waals surface area (Å²) in [6.45, 7) is 14.3. The van der Waals surface area contributed by atoms with Gasteiger partial charge in [0.1, 0.15) is 36.5 Å². The zero-order valence-corrected chi connectivity index (χ0v) is 26.0. The first-order valence-corrected chi connectivity index (χ1v) is 15.6. The van der Waals surface area contributed by atoms with E-state index in [2.05, 4.69) is 53.7 Å². The first-order chi connectivity index (χ1) is 19.3. The van der Waals surface area contributed by atoms with E-state index in [4.69, 9.17) is 9.47 Å². The minimum Gasteiger partial charge on any atom is -0.394 e. The molecule has 0 aromatic heterocycles. The summed E-state index contributed by atoms with van der Waals surface area (Å²) in [6.07, 6.45) is 1.91. The van der Waals surface area contributed by atoms with Crippen LogP contribution in [0.15, 0.2) is 23.3 Å². The average molecular weight is 579 g/mol. The third kappa shape index (κ3) is 7.22. The number of rotatable bonds is 12. The van der Waals surface area contributed by atoms with E-state index in [1.807, 2.05) is 6.92 Å². The normalized spacial score (nSPS) is 41.2. The van der Waals surface area contributed by atoms with Crippen molar-refractivity contribution in [1.29, 1.82) is 0 Å². The number of carbonyl (C=O) groups is 2. The molecule has 41 heavy (non-hydrogen) atoms. The van der Waals surface area contributed by atoms with Crippen LogP contribution in [0.4, 0.5) is 0 Å². The summed E-state index contributed by atoms with van der Waals surface area (Å²) >= 11 is 0. The molecule has 0 amide bonds. The number of hydrogen-bond acceptors (Lipinski definition) is 8. The van der Waals surface area contributed by atoms with Gasteiger partial charge >= 0.3 is 0 Å². The maximum Gasteiger partial charge on any atom is 0.186 e. The molecule has 8 heteroatoms. The van der Waals surface area contributed by atoms with Crippen LogP contribution in [0.25, 0.3) is 0 Å². The molecule has 1 saturated heterocycles. The lowest BCUT2D eigenvalue weighted by atomic mass is 9.48. The van der Waals surface area contributed by atoms with Crippen LogP contribution in [-0.2, 0) is 19.1 Å². The molecule has 13 atom stereocenters. The summed E-state index contributed by atoms with van der Waals surface area (Å²) in [4.78, 5) is 25.5. The minimum atomic E-state index is -1.54. The number of fused-ring (bicyclic) bond motifs is 1. The molecule has 2 fully saturated rings. The number of ketones is 1. The van der Waals surface area contributed by atoms with Gasteiger partial charge in [0.15, 0.2) is 6.29 Å².